The van der Waals surface area contributed by atoms with Gasteiger partial charge in [-0.2, -0.15) is 0 Å². The maximum Gasteiger partial charge on any atom is 0.303 e. The summed E-state index contributed by atoms with van der Waals surface area (Å²) >= 11 is 1.45. The van der Waals surface area contributed by atoms with E-state index in [1.54, 1.807) is 29.2 Å². The summed E-state index contributed by atoms with van der Waals surface area (Å²) in [6.45, 7) is 0.316. The summed E-state index contributed by atoms with van der Waals surface area (Å²) in [4.78, 5) is 26.8. The lowest BCUT2D eigenvalue weighted by Gasteiger charge is -2.28. The zero-order valence-electron chi connectivity index (χ0n) is 16.2. The highest BCUT2D eigenvalue weighted by Gasteiger charge is 2.35. The Morgan fingerprint density at radius 3 is 2.57 bits per heavy atom. The van der Waals surface area contributed by atoms with E-state index in [1.165, 1.54) is 11.3 Å². The van der Waals surface area contributed by atoms with Gasteiger partial charge in [-0.15, -0.1) is 11.3 Å². The number of carbonyl (C=O) groups is 2. The van der Waals surface area contributed by atoms with Crippen LogP contribution in [0.2, 0.25) is 0 Å². The molecule has 2 aromatic rings. The average Bonchev–Trinajstić information content (AvgIpc) is 3.32. The van der Waals surface area contributed by atoms with Crippen LogP contribution >= 0.6 is 11.3 Å². The normalized spacial score (nSPS) is 18.3. The van der Waals surface area contributed by atoms with E-state index in [4.69, 9.17) is 5.11 Å². The number of alkyl halides is 2. The molecule has 30 heavy (non-hydrogen) atoms. The van der Waals surface area contributed by atoms with E-state index >= 15 is 0 Å². The van der Waals surface area contributed by atoms with Crippen molar-refractivity contribution < 1.29 is 28.6 Å². The number of carboxylic acids is 1. The van der Waals surface area contributed by atoms with Crippen molar-refractivity contribution in [2.45, 2.75) is 50.8 Å². The van der Waals surface area contributed by atoms with E-state index in [2.05, 4.69) is 0 Å². The Kier molecular flexibility index (Phi) is 7.33. The molecule has 2 N–H and O–H groups in total. The average molecular weight is 435 g/mol. The first-order valence-corrected chi connectivity index (χ1v) is 10.5. The van der Waals surface area contributed by atoms with Crippen LogP contribution in [0.5, 0.6) is 0 Å². The molecule has 1 amide bonds. The molecule has 1 fully saturated rings. The van der Waals surface area contributed by atoms with Gasteiger partial charge in [0.1, 0.15) is 6.10 Å². The number of carbonyl (C=O) groups excluding carboxylic acids is 1. The highest BCUT2D eigenvalue weighted by atomic mass is 32.1. The second-order valence-corrected chi connectivity index (χ2v) is 8.40. The van der Waals surface area contributed by atoms with Crippen LogP contribution in [0.4, 0.5) is 8.78 Å². The highest BCUT2D eigenvalue weighted by Crippen LogP contribution is 2.34. The third-order valence-corrected chi connectivity index (χ3v) is 6.16. The zero-order chi connectivity index (χ0) is 21.7. The van der Waals surface area contributed by atoms with Crippen LogP contribution in [0.25, 0.3) is 5.57 Å². The van der Waals surface area contributed by atoms with E-state index in [1.807, 2.05) is 18.2 Å². The first-order chi connectivity index (χ1) is 14.3. The number of hydrogen-bond acceptors (Lipinski definition) is 4. The molecule has 1 aromatic heterocycles. The summed E-state index contributed by atoms with van der Waals surface area (Å²) in [6, 6.07) is 12.2. The van der Waals surface area contributed by atoms with Crippen molar-refractivity contribution in [3.05, 3.63) is 63.9 Å². The fourth-order valence-corrected chi connectivity index (χ4v) is 4.60. The molecule has 0 aliphatic carbocycles. The molecule has 5 nitrogen and oxygen atoms in total. The zero-order valence-corrected chi connectivity index (χ0v) is 17.0. The Hall–Kier alpha value is -2.58. The topological polar surface area (TPSA) is 77.8 Å². The van der Waals surface area contributed by atoms with Gasteiger partial charge >= 0.3 is 5.97 Å². The molecule has 2 atom stereocenters. The van der Waals surface area contributed by atoms with Gasteiger partial charge in [0.05, 0.1) is 19.0 Å². The van der Waals surface area contributed by atoms with Gasteiger partial charge in [0, 0.05) is 16.2 Å². The largest absolute Gasteiger partial charge is 0.481 e. The number of benzene rings is 1. The smallest absolute Gasteiger partial charge is 0.303 e. The van der Waals surface area contributed by atoms with Crippen molar-refractivity contribution in [1.29, 1.82) is 0 Å². The van der Waals surface area contributed by atoms with Gasteiger partial charge < -0.3 is 15.1 Å². The molecule has 1 aliphatic heterocycles. The van der Waals surface area contributed by atoms with Gasteiger partial charge in [-0.1, -0.05) is 30.3 Å². The molecule has 0 bridgehead atoms. The second-order valence-electron chi connectivity index (χ2n) is 7.15. The van der Waals surface area contributed by atoms with Gasteiger partial charge in [0.2, 0.25) is 5.91 Å². The van der Waals surface area contributed by atoms with Gasteiger partial charge in [0.15, 0.2) is 0 Å². The molecule has 1 unspecified atom stereocenters. The lowest BCUT2D eigenvalue weighted by Crippen LogP contribution is -2.33. The third-order valence-electron chi connectivity index (χ3n) is 5.03. The minimum atomic E-state index is -2.91. The van der Waals surface area contributed by atoms with Crippen LogP contribution in [0.15, 0.2) is 48.5 Å². The van der Waals surface area contributed by atoms with Crippen LogP contribution in [0, 0.1) is 0 Å². The number of amides is 1. The van der Waals surface area contributed by atoms with E-state index in [9.17, 15) is 23.5 Å². The summed E-state index contributed by atoms with van der Waals surface area (Å²) < 4.78 is 26.1. The molecule has 0 spiro atoms. The number of carboxylic acid groups (broad SMARTS) is 1. The number of nitrogens with zero attached hydrogens (tertiary/aromatic N) is 1. The third kappa shape index (κ3) is 5.52. The Morgan fingerprint density at radius 1 is 1.20 bits per heavy atom. The molecule has 0 saturated carbocycles. The highest BCUT2D eigenvalue weighted by molar-refractivity contribution is 7.12. The summed E-state index contributed by atoms with van der Waals surface area (Å²) in [6.07, 6.45) is -2.43. The summed E-state index contributed by atoms with van der Waals surface area (Å²) in [5, 5.41) is 18.6. The Bertz CT molecular complexity index is 913. The van der Waals surface area contributed by atoms with Crippen molar-refractivity contribution in [1.82, 2.24) is 4.90 Å². The summed E-state index contributed by atoms with van der Waals surface area (Å²) in [7, 11) is 0. The van der Waals surface area contributed by atoms with Crippen molar-refractivity contribution in [2.24, 2.45) is 0 Å². The van der Waals surface area contributed by atoms with E-state index in [0.717, 1.165) is 15.8 Å². The minimum Gasteiger partial charge on any atom is -0.481 e. The van der Waals surface area contributed by atoms with Gasteiger partial charge in [0.25, 0.3) is 6.43 Å². The Balaban J connectivity index is 1.85. The number of likely N-dealkylation sites (tertiary alicyclic amines) is 1. The quantitative estimate of drug-likeness (QED) is 0.625. The molecule has 1 aliphatic rings. The molecule has 8 heteroatoms. The molecule has 0 radical (unpaired) electrons. The summed E-state index contributed by atoms with van der Waals surface area (Å²) in [5.41, 5.74) is 1.20. The minimum absolute atomic E-state index is 0.0393. The van der Waals surface area contributed by atoms with Gasteiger partial charge in [-0.05, 0) is 42.2 Å². The molecular weight excluding hydrogens is 412 g/mol. The number of aliphatic hydroxyl groups is 1. The van der Waals surface area contributed by atoms with Crippen molar-refractivity contribution >= 4 is 28.8 Å². The molecule has 1 saturated heterocycles. The van der Waals surface area contributed by atoms with Crippen LogP contribution in [0.1, 0.15) is 34.6 Å². The van der Waals surface area contributed by atoms with E-state index in [-0.39, 0.29) is 12.3 Å². The molecule has 160 valence electrons. The van der Waals surface area contributed by atoms with Crippen molar-refractivity contribution in [3.8, 4) is 0 Å². The Morgan fingerprint density at radius 2 is 1.90 bits per heavy atom. The fraction of sp³-hybridized carbons (Fsp3) is 0.364. The predicted molar refractivity (Wildman–Crippen MR) is 110 cm³/mol. The number of aliphatic carboxylic acids is 1. The lowest BCUT2D eigenvalue weighted by atomic mass is 9.95. The number of rotatable bonds is 9. The van der Waals surface area contributed by atoms with Crippen LogP contribution < -0.4 is 0 Å². The number of aryl methyl sites for hydroxylation is 1. The maximum atomic E-state index is 13.0. The summed E-state index contributed by atoms with van der Waals surface area (Å²) in [5.74, 6) is -0.941. The van der Waals surface area contributed by atoms with Crippen LogP contribution in [0.3, 0.4) is 0 Å². The fourth-order valence-electron chi connectivity index (χ4n) is 3.58. The number of aliphatic hydroxyl groups excluding tert-OH is 1. The molecule has 3 rings (SSSR count). The van der Waals surface area contributed by atoms with E-state index in [0.29, 0.717) is 36.9 Å². The number of thiophene rings is 1. The van der Waals surface area contributed by atoms with Crippen molar-refractivity contribution in [3.63, 3.8) is 0 Å². The van der Waals surface area contributed by atoms with Gasteiger partial charge in [-0.25, -0.2) is 8.78 Å². The van der Waals surface area contributed by atoms with Crippen LogP contribution in [-0.2, 0) is 22.6 Å². The number of hydrogen-bond donors (Lipinski definition) is 2. The SMILES string of the molecule is O=C(O)CCc1ccc(CN2C(=O)CC[C@@H]2C(=CC(O)C(F)F)c2ccccc2)s1. The number of halogens is 2. The Labute approximate surface area is 177 Å². The van der Waals surface area contributed by atoms with Crippen LogP contribution in [-0.4, -0.2) is 45.6 Å². The maximum absolute atomic E-state index is 13.0. The van der Waals surface area contributed by atoms with E-state index < -0.39 is 24.5 Å². The monoisotopic (exact) mass is 435 g/mol. The first kappa shape index (κ1) is 22.1. The molecular formula is C22H23F2NO4S. The van der Waals surface area contributed by atoms with Crippen molar-refractivity contribution in [2.75, 3.05) is 0 Å². The standard InChI is InChI=1S/C22H23F2NO4S/c23-22(24)19(26)12-17(14-4-2-1-3-5-14)18-9-10-20(27)25(18)13-16-7-6-15(30-16)8-11-21(28)29/h1-7,12,18-19,22,26H,8-11,13H2,(H,28,29)/t18-,19?/m1/s1. The van der Waals surface area contributed by atoms with Gasteiger partial charge in [-0.3, -0.25) is 9.59 Å². The first-order valence-electron chi connectivity index (χ1n) is 9.67. The second kappa shape index (κ2) is 9.95. The predicted octanol–water partition coefficient (Wildman–Crippen LogP) is 3.97. The lowest BCUT2D eigenvalue weighted by molar-refractivity contribution is -0.137. The molecule has 1 aromatic carbocycles. The molecule has 2 heterocycles.